The van der Waals surface area contributed by atoms with Crippen LogP contribution in [0.1, 0.15) is 44.1 Å². The second kappa shape index (κ2) is 6.48. The Morgan fingerprint density at radius 2 is 1.88 bits per heavy atom. The number of fused-ring (bicyclic) bond motifs is 2. The van der Waals surface area contributed by atoms with Crippen LogP contribution in [0.3, 0.4) is 0 Å². The van der Waals surface area contributed by atoms with E-state index in [2.05, 4.69) is 23.5 Å². The van der Waals surface area contributed by atoms with E-state index in [0.717, 1.165) is 61.9 Å². The van der Waals surface area contributed by atoms with Gasteiger partial charge in [0.1, 0.15) is 0 Å². The van der Waals surface area contributed by atoms with Gasteiger partial charge in [0.15, 0.2) is 11.5 Å². The number of benzene rings is 1. The van der Waals surface area contributed by atoms with E-state index in [1.807, 2.05) is 0 Å². The molecule has 0 bridgehead atoms. The molecule has 2 saturated carbocycles. The molecule has 0 spiro atoms. The smallest absolute Gasteiger partial charge is 0.231 e. The van der Waals surface area contributed by atoms with Crippen molar-refractivity contribution >= 4 is 0 Å². The Kier molecular flexibility index (Phi) is 4.13. The number of hydrogen-bond acceptors (Lipinski definition) is 4. The van der Waals surface area contributed by atoms with Gasteiger partial charge >= 0.3 is 0 Å². The molecular weight excluding hydrogens is 314 g/mol. The van der Waals surface area contributed by atoms with Gasteiger partial charge in [-0.2, -0.15) is 0 Å². The van der Waals surface area contributed by atoms with Crippen LogP contribution in [0, 0.1) is 17.8 Å². The summed E-state index contributed by atoms with van der Waals surface area (Å²) in [6.07, 6.45) is 8.02. The molecule has 3 fully saturated rings. The zero-order valence-corrected chi connectivity index (χ0v) is 15.0. The molecule has 0 radical (unpaired) electrons. The predicted molar refractivity (Wildman–Crippen MR) is 96.1 cm³/mol. The number of nitrogens with one attached hydrogen (secondary N) is 1. The average Bonchev–Trinajstić information content (AvgIpc) is 3.27. The molecular formula is C21H29NO3. The minimum absolute atomic E-state index is 0.163. The van der Waals surface area contributed by atoms with E-state index >= 15 is 0 Å². The molecule has 4 nitrogen and oxygen atoms in total. The number of ether oxygens (including phenoxy) is 3. The molecule has 1 aromatic rings. The Labute approximate surface area is 150 Å². The Bertz CT molecular complexity index is 626. The van der Waals surface area contributed by atoms with Crippen LogP contribution in [0.4, 0.5) is 0 Å². The average molecular weight is 343 g/mol. The van der Waals surface area contributed by atoms with Gasteiger partial charge in [-0.15, -0.1) is 0 Å². The maximum atomic E-state index is 5.67. The summed E-state index contributed by atoms with van der Waals surface area (Å²) in [4.78, 5) is 0. The fourth-order valence-electron chi connectivity index (χ4n) is 5.21. The quantitative estimate of drug-likeness (QED) is 0.888. The van der Waals surface area contributed by atoms with Gasteiger partial charge in [-0.25, -0.2) is 0 Å². The Balaban J connectivity index is 1.27. The third-order valence-corrected chi connectivity index (χ3v) is 6.98. The normalized spacial score (nSPS) is 32.2. The summed E-state index contributed by atoms with van der Waals surface area (Å²) in [5, 5.41) is 3.84. The van der Waals surface area contributed by atoms with Crippen molar-refractivity contribution in [3.63, 3.8) is 0 Å². The molecule has 1 N–H and O–H groups in total. The SMILES string of the molecule is c1cc2c(cc1C1(CNCC3CCC4CC4C3)CCOCC1)OCO2. The fourth-order valence-corrected chi connectivity index (χ4v) is 5.21. The van der Waals surface area contributed by atoms with Crippen molar-refractivity contribution in [3.8, 4) is 11.5 Å². The van der Waals surface area contributed by atoms with Gasteiger partial charge < -0.3 is 19.5 Å². The Morgan fingerprint density at radius 1 is 1.00 bits per heavy atom. The number of rotatable bonds is 5. The Hall–Kier alpha value is -1.26. The van der Waals surface area contributed by atoms with Gasteiger partial charge in [0.05, 0.1) is 0 Å². The van der Waals surface area contributed by atoms with E-state index in [4.69, 9.17) is 14.2 Å². The third-order valence-electron chi connectivity index (χ3n) is 6.98. The van der Waals surface area contributed by atoms with E-state index in [9.17, 15) is 0 Å². The lowest BCUT2D eigenvalue weighted by Crippen LogP contribution is -2.44. The van der Waals surface area contributed by atoms with Crippen LogP contribution >= 0.6 is 0 Å². The first-order valence-electron chi connectivity index (χ1n) is 10.0. The highest BCUT2D eigenvalue weighted by atomic mass is 16.7. The third kappa shape index (κ3) is 3.15. The maximum Gasteiger partial charge on any atom is 0.231 e. The number of hydrogen-bond donors (Lipinski definition) is 1. The van der Waals surface area contributed by atoms with Crippen molar-refractivity contribution in [2.75, 3.05) is 33.1 Å². The highest BCUT2D eigenvalue weighted by Gasteiger charge is 2.42. The topological polar surface area (TPSA) is 39.7 Å². The lowest BCUT2D eigenvalue weighted by atomic mass is 9.74. The van der Waals surface area contributed by atoms with E-state index in [0.29, 0.717) is 6.79 Å². The molecule has 3 atom stereocenters. The fraction of sp³-hybridized carbons (Fsp3) is 0.714. The van der Waals surface area contributed by atoms with Crippen LogP contribution in [0.25, 0.3) is 0 Å². The Morgan fingerprint density at radius 3 is 2.76 bits per heavy atom. The van der Waals surface area contributed by atoms with Crippen LogP contribution < -0.4 is 14.8 Å². The van der Waals surface area contributed by atoms with E-state index in [1.165, 1.54) is 37.8 Å². The summed E-state index contributed by atoms with van der Waals surface area (Å²) in [5.41, 5.74) is 1.54. The summed E-state index contributed by atoms with van der Waals surface area (Å²) >= 11 is 0. The van der Waals surface area contributed by atoms with E-state index < -0.39 is 0 Å². The lowest BCUT2D eigenvalue weighted by molar-refractivity contribution is 0.0493. The summed E-state index contributed by atoms with van der Waals surface area (Å²) in [5.74, 6) is 4.81. The standard InChI is InChI=1S/C21H29NO3/c1-2-16-10-17(16)9-15(1)12-22-13-21(5-7-23-8-6-21)18-3-4-19-20(11-18)25-14-24-19/h3-4,11,15-17,22H,1-2,5-10,12-14H2. The first-order valence-corrected chi connectivity index (χ1v) is 10.0. The van der Waals surface area contributed by atoms with Gasteiger partial charge in [0, 0.05) is 25.2 Å². The summed E-state index contributed by atoms with van der Waals surface area (Å²) < 4.78 is 16.8. The maximum absolute atomic E-state index is 5.67. The molecule has 3 unspecified atom stereocenters. The van der Waals surface area contributed by atoms with Crippen molar-refractivity contribution in [2.45, 2.75) is 43.9 Å². The second-order valence-corrected chi connectivity index (χ2v) is 8.53. The molecule has 0 amide bonds. The lowest BCUT2D eigenvalue weighted by Gasteiger charge is -2.38. The molecule has 2 aliphatic carbocycles. The van der Waals surface area contributed by atoms with Crippen LogP contribution in [-0.2, 0) is 10.2 Å². The van der Waals surface area contributed by atoms with Gasteiger partial charge in [-0.3, -0.25) is 0 Å². The summed E-state index contributed by atoms with van der Waals surface area (Å²) in [6, 6.07) is 6.50. The van der Waals surface area contributed by atoms with E-state index in [-0.39, 0.29) is 5.41 Å². The molecule has 5 rings (SSSR count). The molecule has 1 saturated heterocycles. The highest BCUT2D eigenvalue weighted by molar-refractivity contribution is 5.47. The highest BCUT2D eigenvalue weighted by Crippen LogP contribution is 2.51. The van der Waals surface area contributed by atoms with Crippen molar-refractivity contribution < 1.29 is 14.2 Å². The largest absolute Gasteiger partial charge is 0.454 e. The van der Waals surface area contributed by atoms with Crippen molar-refractivity contribution in [1.82, 2.24) is 5.32 Å². The predicted octanol–water partition coefficient (Wildman–Crippen LogP) is 3.49. The molecule has 136 valence electrons. The summed E-state index contributed by atoms with van der Waals surface area (Å²) in [6.45, 7) is 4.26. The molecule has 4 aliphatic rings. The van der Waals surface area contributed by atoms with Crippen molar-refractivity contribution in [3.05, 3.63) is 23.8 Å². The second-order valence-electron chi connectivity index (χ2n) is 8.53. The van der Waals surface area contributed by atoms with Crippen LogP contribution in [-0.4, -0.2) is 33.1 Å². The van der Waals surface area contributed by atoms with Crippen molar-refractivity contribution in [2.24, 2.45) is 17.8 Å². The first-order chi connectivity index (χ1) is 12.3. The summed E-state index contributed by atoms with van der Waals surface area (Å²) in [7, 11) is 0. The minimum atomic E-state index is 0.163. The molecule has 1 aromatic carbocycles. The molecule has 4 heteroatoms. The molecule has 2 heterocycles. The molecule has 2 aliphatic heterocycles. The van der Waals surface area contributed by atoms with Gasteiger partial charge in [0.25, 0.3) is 0 Å². The zero-order valence-electron chi connectivity index (χ0n) is 15.0. The van der Waals surface area contributed by atoms with Gasteiger partial charge in [-0.1, -0.05) is 6.07 Å². The zero-order chi connectivity index (χ0) is 16.7. The molecule has 0 aromatic heterocycles. The van der Waals surface area contributed by atoms with E-state index in [1.54, 1.807) is 0 Å². The first kappa shape index (κ1) is 16.0. The van der Waals surface area contributed by atoms with Crippen LogP contribution in [0.15, 0.2) is 18.2 Å². The van der Waals surface area contributed by atoms with Crippen molar-refractivity contribution in [1.29, 1.82) is 0 Å². The molecule has 25 heavy (non-hydrogen) atoms. The van der Waals surface area contributed by atoms with Gasteiger partial charge in [0.2, 0.25) is 6.79 Å². The van der Waals surface area contributed by atoms with Gasteiger partial charge in [-0.05, 0) is 80.5 Å². The van der Waals surface area contributed by atoms with Crippen LogP contribution in [0.2, 0.25) is 0 Å². The minimum Gasteiger partial charge on any atom is -0.454 e. The van der Waals surface area contributed by atoms with Crippen LogP contribution in [0.5, 0.6) is 11.5 Å². The monoisotopic (exact) mass is 343 g/mol.